The summed E-state index contributed by atoms with van der Waals surface area (Å²) in [4.78, 5) is 6.46. The number of pyridine rings is 1. The first kappa shape index (κ1) is 14.0. The molecule has 0 saturated carbocycles. The zero-order chi connectivity index (χ0) is 14.9. The predicted molar refractivity (Wildman–Crippen MR) is 80.0 cm³/mol. The second kappa shape index (κ2) is 5.45. The fraction of sp³-hybridized carbons (Fsp3) is 0.385. The summed E-state index contributed by atoms with van der Waals surface area (Å²) in [6.45, 7) is 2.38. The molecule has 1 aliphatic heterocycles. The molecule has 0 aliphatic carbocycles. The average molecular weight is 307 g/mol. The molecule has 0 unspecified atom stereocenters. The fourth-order valence-corrected chi connectivity index (χ4v) is 3.24. The van der Waals surface area contributed by atoms with E-state index in [1.165, 1.54) is 10.6 Å². The average Bonchev–Trinajstić information content (AvgIpc) is 3.01. The normalized spacial score (nSPS) is 17.1. The van der Waals surface area contributed by atoms with Crippen LogP contribution in [0.1, 0.15) is 0 Å². The maximum atomic E-state index is 11.5. The number of anilines is 1. The van der Waals surface area contributed by atoms with Crippen molar-refractivity contribution in [1.82, 2.24) is 19.1 Å². The van der Waals surface area contributed by atoms with Crippen molar-refractivity contribution in [3.8, 4) is 5.82 Å². The molecule has 0 radical (unpaired) electrons. The van der Waals surface area contributed by atoms with Crippen molar-refractivity contribution in [1.29, 1.82) is 0 Å². The van der Waals surface area contributed by atoms with Gasteiger partial charge in [0.25, 0.3) is 0 Å². The lowest BCUT2D eigenvalue weighted by atomic mass is 10.3. The molecule has 3 heterocycles. The van der Waals surface area contributed by atoms with Crippen LogP contribution in [0.25, 0.3) is 5.82 Å². The van der Waals surface area contributed by atoms with Crippen LogP contribution in [-0.2, 0) is 10.0 Å². The van der Waals surface area contributed by atoms with Crippen molar-refractivity contribution in [3.05, 3.63) is 36.8 Å². The van der Waals surface area contributed by atoms with Crippen LogP contribution >= 0.6 is 0 Å². The Morgan fingerprint density at radius 1 is 1.14 bits per heavy atom. The largest absolute Gasteiger partial charge is 0.369 e. The van der Waals surface area contributed by atoms with Crippen LogP contribution in [0.3, 0.4) is 0 Å². The molecule has 0 aromatic carbocycles. The van der Waals surface area contributed by atoms with Gasteiger partial charge in [-0.15, -0.1) is 0 Å². The minimum Gasteiger partial charge on any atom is -0.369 e. The summed E-state index contributed by atoms with van der Waals surface area (Å²) in [5, 5.41) is 4.17. The third-order valence-electron chi connectivity index (χ3n) is 3.54. The van der Waals surface area contributed by atoms with E-state index < -0.39 is 10.0 Å². The molecule has 1 aliphatic rings. The standard InChI is InChI=1S/C13H17N5O2S/c1-21(19,20)17-9-7-16(8-10-17)12-3-5-14-13(11-12)18-6-2-4-15-18/h2-6,11H,7-10H2,1H3. The van der Waals surface area contributed by atoms with E-state index in [2.05, 4.69) is 15.0 Å². The van der Waals surface area contributed by atoms with E-state index in [-0.39, 0.29) is 0 Å². The molecule has 0 atom stereocenters. The van der Waals surface area contributed by atoms with E-state index in [1.54, 1.807) is 17.1 Å². The highest BCUT2D eigenvalue weighted by molar-refractivity contribution is 7.88. The smallest absolute Gasteiger partial charge is 0.211 e. The molecule has 0 bridgehead atoms. The molecule has 0 amide bonds. The second-order valence-corrected chi connectivity index (χ2v) is 6.95. The zero-order valence-corrected chi connectivity index (χ0v) is 12.6. The van der Waals surface area contributed by atoms with Crippen molar-refractivity contribution in [3.63, 3.8) is 0 Å². The van der Waals surface area contributed by atoms with Crippen LogP contribution in [0.4, 0.5) is 5.69 Å². The van der Waals surface area contributed by atoms with E-state index in [0.717, 1.165) is 11.5 Å². The van der Waals surface area contributed by atoms with Crippen molar-refractivity contribution in [2.45, 2.75) is 0 Å². The van der Waals surface area contributed by atoms with E-state index in [4.69, 9.17) is 0 Å². The van der Waals surface area contributed by atoms with Gasteiger partial charge in [0.1, 0.15) is 0 Å². The Labute approximate surface area is 123 Å². The van der Waals surface area contributed by atoms with Gasteiger partial charge < -0.3 is 4.90 Å². The molecule has 2 aromatic rings. The summed E-state index contributed by atoms with van der Waals surface area (Å²) in [6.07, 6.45) is 6.55. The molecule has 0 spiro atoms. The molecular weight excluding hydrogens is 290 g/mol. The topological polar surface area (TPSA) is 71.3 Å². The van der Waals surface area contributed by atoms with Gasteiger partial charge in [0.05, 0.1) is 6.26 Å². The van der Waals surface area contributed by atoms with Crippen molar-refractivity contribution >= 4 is 15.7 Å². The third-order valence-corrected chi connectivity index (χ3v) is 4.84. The van der Waals surface area contributed by atoms with Gasteiger partial charge in [-0.3, -0.25) is 0 Å². The lowest BCUT2D eigenvalue weighted by molar-refractivity contribution is 0.388. The van der Waals surface area contributed by atoms with E-state index in [0.29, 0.717) is 26.2 Å². The van der Waals surface area contributed by atoms with Crippen LogP contribution < -0.4 is 4.90 Å². The highest BCUT2D eigenvalue weighted by Gasteiger charge is 2.23. The quantitative estimate of drug-likeness (QED) is 0.818. The van der Waals surface area contributed by atoms with Gasteiger partial charge in [-0.05, 0) is 12.1 Å². The summed E-state index contributed by atoms with van der Waals surface area (Å²) in [5.74, 6) is 0.753. The highest BCUT2D eigenvalue weighted by atomic mass is 32.2. The molecular formula is C13H17N5O2S. The molecule has 8 heteroatoms. The maximum absolute atomic E-state index is 11.5. The summed E-state index contributed by atoms with van der Waals surface area (Å²) in [5.41, 5.74) is 1.03. The van der Waals surface area contributed by atoms with Gasteiger partial charge in [-0.25, -0.2) is 18.1 Å². The Balaban J connectivity index is 1.76. The molecule has 1 fully saturated rings. The lowest BCUT2D eigenvalue weighted by Gasteiger charge is -2.34. The first-order valence-corrected chi connectivity index (χ1v) is 8.55. The van der Waals surface area contributed by atoms with Crippen LogP contribution in [0.5, 0.6) is 0 Å². The first-order chi connectivity index (χ1) is 10.0. The summed E-state index contributed by atoms with van der Waals surface area (Å²) < 4.78 is 26.3. The van der Waals surface area contributed by atoms with Gasteiger partial charge in [0, 0.05) is 56.5 Å². The minimum absolute atomic E-state index is 0.512. The third kappa shape index (κ3) is 3.06. The predicted octanol–water partition coefficient (Wildman–Crippen LogP) is 0.349. The Morgan fingerprint density at radius 3 is 2.52 bits per heavy atom. The Kier molecular flexibility index (Phi) is 3.64. The number of hydrogen-bond acceptors (Lipinski definition) is 5. The fourth-order valence-electron chi connectivity index (χ4n) is 2.41. The number of rotatable bonds is 3. The van der Waals surface area contributed by atoms with Crippen LogP contribution in [0.2, 0.25) is 0 Å². The first-order valence-electron chi connectivity index (χ1n) is 6.70. The summed E-state index contributed by atoms with van der Waals surface area (Å²) >= 11 is 0. The van der Waals surface area contributed by atoms with Gasteiger partial charge in [0.15, 0.2) is 5.82 Å². The number of aromatic nitrogens is 3. The van der Waals surface area contributed by atoms with Crippen molar-refractivity contribution in [2.75, 3.05) is 37.3 Å². The molecule has 1 saturated heterocycles. The Hall–Kier alpha value is -1.93. The molecule has 3 rings (SSSR count). The lowest BCUT2D eigenvalue weighted by Crippen LogP contribution is -2.48. The zero-order valence-electron chi connectivity index (χ0n) is 11.8. The molecule has 7 nitrogen and oxygen atoms in total. The molecule has 2 aromatic heterocycles. The summed E-state index contributed by atoms with van der Waals surface area (Å²) in [6, 6.07) is 5.74. The highest BCUT2D eigenvalue weighted by Crippen LogP contribution is 2.19. The minimum atomic E-state index is -3.09. The molecule has 21 heavy (non-hydrogen) atoms. The van der Waals surface area contributed by atoms with E-state index in [9.17, 15) is 8.42 Å². The van der Waals surface area contributed by atoms with Gasteiger partial charge >= 0.3 is 0 Å². The van der Waals surface area contributed by atoms with E-state index >= 15 is 0 Å². The van der Waals surface area contributed by atoms with Crippen LogP contribution in [0, 0.1) is 0 Å². The number of sulfonamides is 1. The number of hydrogen-bond donors (Lipinski definition) is 0. The molecule has 112 valence electrons. The van der Waals surface area contributed by atoms with Crippen molar-refractivity contribution in [2.24, 2.45) is 0 Å². The van der Waals surface area contributed by atoms with Crippen LogP contribution in [0.15, 0.2) is 36.8 Å². The monoisotopic (exact) mass is 307 g/mol. The second-order valence-electron chi connectivity index (χ2n) is 4.97. The summed E-state index contributed by atoms with van der Waals surface area (Å²) in [7, 11) is -3.09. The number of nitrogens with zero attached hydrogens (tertiary/aromatic N) is 5. The van der Waals surface area contributed by atoms with E-state index in [1.807, 2.05) is 24.4 Å². The van der Waals surface area contributed by atoms with Crippen LogP contribution in [-0.4, -0.2) is 59.9 Å². The molecule has 0 N–H and O–H groups in total. The Bertz CT molecular complexity index is 706. The SMILES string of the molecule is CS(=O)(=O)N1CCN(c2ccnc(-n3cccn3)c2)CC1. The Morgan fingerprint density at radius 2 is 1.90 bits per heavy atom. The number of piperazine rings is 1. The maximum Gasteiger partial charge on any atom is 0.211 e. The van der Waals surface area contributed by atoms with Gasteiger partial charge in [-0.2, -0.15) is 9.40 Å². The van der Waals surface area contributed by atoms with Gasteiger partial charge in [-0.1, -0.05) is 0 Å². The van der Waals surface area contributed by atoms with Crippen molar-refractivity contribution < 1.29 is 8.42 Å². The van der Waals surface area contributed by atoms with Gasteiger partial charge in [0.2, 0.25) is 10.0 Å².